The Labute approximate surface area is 181 Å². The molecule has 1 unspecified atom stereocenters. The number of aromatic carboxylic acids is 1. The van der Waals surface area contributed by atoms with Crippen LogP contribution in [0.4, 0.5) is 24.7 Å². The number of halogens is 3. The van der Waals surface area contributed by atoms with Crippen LogP contribution in [0.2, 0.25) is 0 Å². The van der Waals surface area contributed by atoms with E-state index in [1.165, 1.54) is 18.2 Å². The quantitative estimate of drug-likeness (QED) is 0.552. The smallest absolute Gasteiger partial charge is 0.449 e. The van der Waals surface area contributed by atoms with Gasteiger partial charge in [0.2, 0.25) is 5.76 Å². The average Bonchev–Trinajstić information content (AvgIpc) is 3.23. The first-order valence-corrected chi connectivity index (χ1v) is 9.85. The van der Waals surface area contributed by atoms with Crippen molar-refractivity contribution in [3.05, 3.63) is 71.3 Å². The van der Waals surface area contributed by atoms with E-state index < -0.39 is 17.9 Å². The number of anilines is 2. The second kappa shape index (κ2) is 8.45. The minimum Gasteiger partial charge on any atom is -0.489 e. The van der Waals surface area contributed by atoms with E-state index in [9.17, 15) is 18.0 Å². The molecule has 0 aliphatic carbocycles. The van der Waals surface area contributed by atoms with Crippen molar-refractivity contribution in [2.75, 3.05) is 23.4 Å². The molecule has 3 aromatic rings. The van der Waals surface area contributed by atoms with Crippen LogP contribution in [0.3, 0.4) is 0 Å². The number of benzene rings is 1. The first kappa shape index (κ1) is 21.5. The van der Waals surface area contributed by atoms with Gasteiger partial charge < -0.3 is 24.5 Å². The summed E-state index contributed by atoms with van der Waals surface area (Å²) in [5.41, 5.74) is 1.66. The normalized spacial score (nSPS) is 14.4. The molecule has 2 aromatic heterocycles. The molecule has 1 aromatic carbocycles. The van der Waals surface area contributed by atoms with Crippen molar-refractivity contribution < 1.29 is 32.2 Å². The van der Waals surface area contributed by atoms with Crippen molar-refractivity contribution in [1.82, 2.24) is 4.98 Å². The molecule has 0 fully saturated rings. The van der Waals surface area contributed by atoms with Gasteiger partial charge in [0, 0.05) is 12.3 Å². The van der Waals surface area contributed by atoms with E-state index in [1.54, 1.807) is 24.4 Å². The summed E-state index contributed by atoms with van der Waals surface area (Å²) in [6.45, 7) is 2.83. The lowest BCUT2D eigenvalue weighted by atomic mass is 10.1. The summed E-state index contributed by atoms with van der Waals surface area (Å²) in [6, 6.07) is 10.2. The van der Waals surface area contributed by atoms with Gasteiger partial charge in [0.1, 0.15) is 23.8 Å². The molecule has 2 N–H and O–H groups in total. The number of nitrogens with zero attached hydrogens (tertiary/aromatic N) is 2. The average molecular weight is 447 g/mol. The first-order valence-electron chi connectivity index (χ1n) is 9.85. The van der Waals surface area contributed by atoms with Gasteiger partial charge in [-0.1, -0.05) is 12.1 Å². The zero-order chi connectivity index (χ0) is 22.9. The van der Waals surface area contributed by atoms with Crippen LogP contribution < -0.4 is 15.0 Å². The number of fused-ring (bicyclic) bond motifs is 1. The van der Waals surface area contributed by atoms with Crippen LogP contribution in [0.1, 0.15) is 40.4 Å². The summed E-state index contributed by atoms with van der Waals surface area (Å²) in [6.07, 6.45) is -2.96. The van der Waals surface area contributed by atoms with Gasteiger partial charge in [-0.25, -0.2) is 9.78 Å². The van der Waals surface area contributed by atoms with Gasteiger partial charge >= 0.3 is 12.1 Å². The monoisotopic (exact) mass is 447 g/mol. The lowest BCUT2D eigenvalue weighted by molar-refractivity contribution is -0.153. The van der Waals surface area contributed by atoms with E-state index >= 15 is 0 Å². The number of hydrogen-bond donors (Lipinski definition) is 2. The number of ether oxygens (including phenoxy) is 1. The number of nitrogens with one attached hydrogen (secondary N) is 1. The lowest BCUT2D eigenvalue weighted by Gasteiger charge is -2.32. The Morgan fingerprint density at radius 2 is 1.97 bits per heavy atom. The summed E-state index contributed by atoms with van der Waals surface area (Å²) < 4.78 is 49.3. The van der Waals surface area contributed by atoms with Gasteiger partial charge in [0.25, 0.3) is 0 Å². The molecular weight excluding hydrogens is 427 g/mol. The number of alkyl halides is 3. The molecule has 1 atom stereocenters. The van der Waals surface area contributed by atoms with Crippen molar-refractivity contribution in [2.45, 2.75) is 25.7 Å². The minimum absolute atomic E-state index is 0.120. The molecule has 0 saturated carbocycles. The maximum Gasteiger partial charge on any atom is 0.449 e. The number of pyridine rings is 1. The number of carboxylic acids is 1. The van der Waals surface area contributed by atoms with Crippen LogP contribution >= 0.6 is 0 Å². The lowest BCUT2D eigenvalue weighted by Crippen LogP contribution is -2.33. The van der Waals surface area contributed by atoms with E-state index in [0.717, 1.165) is 11.6 Å². The van der Waals surface area contributed by atoms with Gasteiger partial charge in [-0.3, -0.25) is 0 Å². The summed E-state index contributed by atoms with van der Waals surface area (Å²) in [4.78, 5) is 17.3. The Kier molecular flexibility index (Phi) is 5.68. The topological polar surface area (TPSA) is 87.8 Å². The predicted octanol–water partition coefficient (Wildman–Crippen LogP) is 4.96. The third-order valence-corrected chi connectivity index (χ3v) is 5.12. The van der Waals surface area contributed by atoms with Crippen molar-refractivity contribution in [1.29, 1.82) is 0 Å². The van der Waals surface area contributed by atoms with E-state index in [4.69, 9.17) is 14.3 Å². The highest BCUT2D eigenvalue weighted by Crippen LogP contribution is 2.39. The van der Waals surface area contributed by atoms with Crippen LogP contribution in [0.15, 0.2) is 53.1 Å². The second-order valence-electron chi connectivity index (χ2n) is 7.33. The van der Waals surface area contributed by atoms with Crippen LogP contribution in [0.25, 0.3) is 0 Å². The Morgan fingerprint density at radius 1 is 1.22 bits per heavy atom. The number of aromatic nitrogens is 1. The molecule has 168 valence electrons. The molecule has 0 saturated heterocycles. The number of rotatable bonds is 6. The third kappa shape index (κ3) is 4.48. The fourth-order valence-electron chi connectivity index (χ4n) is 3.51. The summed E-state index contributed by atoms with van der Waals surface area (Å²) >= 11 is 0. The van der Waals surface area contributed by atoms with Crippen molar-refractivity contribution in [2.24, 2.45) is 0 Å². The van der Waals surface area contributed by atoms with E-state index in [0.29, 0.717) is 30.4 Å². The van der Waals surface area contributed by atoms with Crippen molar-refractivity contribution >= 4 is 17.5 Å². The zero-order valence-electron chi connectivity index (χ0n) is 17.0. The van der Waals surface area contributed by atoms with E-state index in [1.807, 2.05) is 11.8 Å². The van der Waals surface area contributed by atoms with Crippen LogP contribution in [-0.2, 0) is 12.7 Å². The van der Waals surface area contributed by atoms with Gasteiger partial charge in [-0.2, -0.15) is 13.2 Å². The van der Waals surface area contributed by atoms with Gasteiger partial charge in [-0.15, -0.1) is 0 Å². The Morgan fingerprint density at radius 3 is 2.62 bits per heavy atom. The Bertz CT molecular complexity index is 1110. The van der Waals surface area contributed by atoms with Crippen LogP contribution in [0.5, 0.6) is 5.75 Å². The summed E-state index contributed by atoms with van der Waals surface area (Å²) in [7, 11) is 0. The highest BCUT2D eigenvalue weighted by Gasteiger charge is 2.35. The number of furan rings is 1. The second-order valence-corrected chi connectivity index (χ2v) is 7.33. The van der Waals surface area contributed by atoms with Gasteiger partial charge in [0.15, 0.2) is 5.82 Å². The maximum atomic E-state index is 12.9. The van der Waals surface area contributed by atoms with E-state index in [-0.39, 0.29) is 23.9 Å². The van der Waals surface area contributed by atoms with E-state index in [2.05, 4.69) is 10.3 Å². The van der Waals surface area contributed by atoms with Gasteiger partial charge in [-0.05, 0) is 36.8 Å². The Hall–Kier alpha value is -3.69. The molecule has 0 amide bonds. The molecule has 1 aliphatic heterocycles. The Balaban J connectivity index is 1.57. The molecule has 32 heavy (non-hydrogen) atoms. The molecule has 3 heterocycles. The fraction of sp³-hybridized carbons (Fsp3) is 0.273. The molecule has 0 bridgehead atoms. The highest BCUT2D eigenvalue weighted by molar-refractivity contribution is 5.87. The molecule has 0 spiro atoms. The fourth-order valence-corrected chi connectivity index (χ4v) is 3.51. The molecular formula is C22H20F3N3O4. The minimum atomic E-state index is -4.54. The molecule has 0 radical (unpaired) electrons. The largest absolute Gasteiger partial charge is 0.489 e. The molecule has 10 heteroatoms. The maximum absolute atomic E-state index is 12.9. The zero-order valence-corrected chi connectivity index (χ0v) is 17.0. The third-order valence-electron chi connectivity index (χ3n) is 5.12. The summed E-state index contributed by atoms with van der Waals surface area (Å²) in [5.74, 6) is -0.805. The number of carboxylic acid groups (broad SMARTS) is 1. The van der Waals surface area contributed by atoms with Crippen LogP contribution in [0, 0.1) is 0 Å². The van der Waals surface area contributed by atoms with Crippen molar-refractivity contribution in [3.63, 3.8) is 0 Å². The number of hydrogen-bond acceptors (Lipinski definition) is 6. The molecule has 7 nitrogen and oxygen atoms in total. The molecule has 1 aliphatic rings. The highest BCUT2D eigenvalue weighted by atomic mass is 19.4. The number of carbonyl (C=O) groups is 1. The first-order chi connectivity index (χ1) is 15.2. The predicted molar refractivity (Wildman–Crippen MR) is 110 cm³/mol. The summed E-state index contributed by atoms with van der Waals surface area (Å²) in [5, 5.41) is 12.4. The standard InChI is InChI=1S/C22H20F3N3O4/c1-13(14-2-4-15(5-3-14)21(29)30)27-20-19-17(8-9-26-20)31-11-10-28(19)12-16-6-7-18(32-16)22(23,24)25/h2-9,13H,10-12H2,1H3,(H,26,27)(H,29,30). The van der Waals surface area contributed by atoms with Crippen LogP contribution in [-0.4, -0.2) is 29.2 Å². The van der Waals surface area contributed by atoms with Crippen molar-refractivity contribution in [3.8, 4) is 5.75 Å². The molecule has 4 rings (SSSR count). The SMILES string of the molecule is CC(Nc1nccc2c1N(Cc1ccc(C(F)(F)F)o1)CCO2)c1ccc(C(=O)O)cc1. The van der Waals surface area contributed by atoms with Gasteiger partial charge in [0.05, 0.1) is 24.7 Å².